The van der Waals surface area contributed by atoms with Crippen LogP contribution in [-0.2, 0) is 0 Å². The zero-order valence-electron chi connectivity index (χ0n) is 27.0. The highest BCUT2D eigenvalue weighted by Gasteiger charge is 2.28. The van der Waals surface area contributed by atoms with Crippen LogP contribution in [0.5, 0.6) is 0 Å². The second kappa shape index (κ2) is 11.9. The fraction of sp³-hybridized carbons (Fsp3) is 0. The SMILES string of the molecule is c1ccc(N(c2ccc3sc4ccc5ccccc5c4c3c2N(c2ccccc2)c2ccccc2)c2cccc3c2sc2ccccc23)cc1. The van der Waals surface area contributed by atoms with Gasteiger partial charge in [0, 0.05) is 52.7 Å². The molecule has 4 heteroatoms. The molecule has 2 heterocycles. The Morgan fingerprint density at radius 2 is 0.880 bits per heavy atom. The van der Waals surface area contributed by atoms with Gasteiger partial charge in [0.15, 0.2) is 0 Å². The highest BCUT2D eigenvalue weighted by Crippen LogP contribution is 2.54. The molecule has 0 aliphatic rings. The van der Waals surface area contributed by atoms with E-state index < -0.39 is 0 Å². The molecule has 10 aromatic rings. The van der Waals surface area contributed by atoms with Gasteiger partial charge in [0.2, 0.25) is 0 Å². The van der Waals surface area contributed by atoms with E-state index in [0.29, 0.717) is 0 Å². The Hall–Kier alpha value is -5.94. The largest absolute Gasteiger partial charge is 0.308 e. The number of hydrogen-bond donors (Lipinski definition) is 0. The molecule has 0 unspecified atom stereocenters. The fourth-order valence-electron chi connectivity index (χ4n) is 7.46. The van der Waals surface area contributed by atoms with Gasteiger partial charge in [-0.3, -0.25) is 0 Å². The van der Waals surface area contributed by atoms with Crippen LogP contribution in [0.1, 0.15) is 0 Å². The molecule has 0 aliphatic heterocycles. The summed E-state index contributed by atoms with van der Waals surface area (Å²) in [6.07, 6.45) is 0. The van der Waals surface area contributed by atoms with Crippen molar-refractivity contribution in [1.82, 2.24) is 0 Å². The van der Waals surface area contributed by atoms with Gasteiger partial charge in [0.1, 0.15) is 0 Å². The maximum absolute atomic E-state index is 2.49. The van der Waals surface area contributed by atoms with E-state index in [1.165, 1.54) is 56.8 Å². The summed E-state index contributed by atoms with van der Waals surface area (Å²) >= 11 is 3.74. The smallest absolute Gasteiger partial charge is 0.0796 e. The Balaban J connectivity index is 1.40. The van der Waals surface area contributed by atoms with Crippen molar-refractivity contribution < 1.29 is 0 Å². The first kappa shape index (κ1) is 29.0. The van der Waals surface area contributed by atoms with Crippen molar-refractivity contribution in [2.45, 2.75) is 0 Å². The van der Waals surface area contributed by atoms with Crippen molar-refractivity contribution in [2.75, 3.05) is 9.80 Å². The highest BCUT2D eigenvalue weighted by atomic mass is 32.1. The van der Waals surface area contributed by atoms with Gasteiger partial charge in [-0.2, -0.15) is 0 Å². The van der Waals surface area contributed by atoms with Gasteiger partial charge in [0.05, 0.1) is 21.8 Å². The summed E-state index contributed by atoms with van der Waals surface area (Å²) < 4.78 is 5.12. The van der Waals surface area contributed by atoms with Crippen LogP contribution in [-0.4, -0.2) is 0 Å². The molecule has 0 bridgehead atoms. The second-order valence-electron chi connectivity index (χ2n) is 12.5. The molecular weight excluding hydrogens is 645 g/mol. The summed E-state index contributed by atoms with van der Waals surface area (Å²) in [5.41, 5.74) is 6.78. The Bertz CT molecular complexity index is 2780. The first-order chi connectivity index (χ1) is 24.8. The third-order valence-corrected chi connectivity index (χ3v) is 11.9. The summed E-state index contributed by atoms with van der Waals surface area (Å²) in [7, 11) is 0. The zero-order valence-corrected chi connectivity index (χ0v) is 28.7. The van der Waals surface area contributed by atoms with Crippen LogP contribution in [0, 0.1) is 0 Å². The average Bonchev–Trinajstić information content (AvgIpc) is 3.76. The predicted molar refractivity (Wildman–Crippen MR) is 219 cm³/mol. The molecule has 2 aromatic heterocycles. The van der Waals surface area contributed by atoms with Crippen LogP contribution in [0.3, 0.4) is 0 Å². The Morgan fingerprint density at radius 1 is 0.320 bits per heavy atom. The molecule has 236 valence electrons. The third kappa shape index (κ3) is 4.61. The lowest BCUT2D eigenvalue weighted by Crippen LogP contribution is -2.17. The molecule has 0 fully saturated rings. The predicted octanol–water partition coefficient (Wildman–Crippen LogP) is 14.5. The molecule has 0 radical (unpaired) electrons. The van der Waals surface area contributed by atoms with Crippen LogP contribution < -0.4 is 9.80 Å². The molecule has 0 amide bonds. The van der Waals surface area contributed by atoms with E-state index >= 15 is 0 Å². The first-order valence-electron chi connectivity index (χ1n) is 16.9. The lowest BCUT2D eigenvalue weighted by atomic mass is 10.00. The Kier molecular flexibility index (Phi) is 6.90. The topological polar surface area (TPSA) is 6.48 Å². The maximum Gasteiger partial charge on any atom is 0.0796 e. The van der Waals surface area contributed by atoms with Gasteiger partial charge < -0.3 is 9.80 Å². The van der Waals surface area contributed by atoms with Crippen molar-refractivity contribution in [2.24, 2.45) is 0 Å². The van der Waals surface area contributed by atoms with Crippen LogP contribution in [0.4, 0.5) is 34.1 Å². The van der Waals surface area contributed by atoms with Gasteiger partial charge >= 0.3 is 0 Å². The summed E-state index contributed by atoms with van der Waals surface area (Å²) in [6, 6.07) is 66.1. The summed E-state index contributed by atoms with van der Waals surface area (Å²) in [5, 5.41) is 7.65. The lowest BCUT2D eigenvalue weighted by Gasteiger charge is -2.34. The summed E-state index contributed by atoms with van der Waals surface area (Å²) in [4.78, 5) is 4.95. The number of hydrogen-bond acceptors (Lipinski definition) is 4. The van der Waals surface area contributed by atoms with Crippen molar-refractivity contribution >= 4 is 108 Å². The van der Waals surface area contributed by atoms with Gasteiger partial charge in [0.25, 0.3) is 0 Å². The number of anilines is 6. The van der Waals surface area contributed by atoms with E-state index in [-0.39, 0.29) is 0 Å². The van der Waals surface area contributed by atoms with Crippen molar-refractivity contribution in [3.8, 4) is 0 Å². The van der Waals surface area contributed by atoms with E-state index in [4.69, 9.17) is 0 Å². The van der Waals surface area contributed by atoms with Gasteiger partial charge in [-0.25, -0.2) is 0 Å². The van der Waals surface area contributed by atoms with Gasteiger partial charge in [-0.15, -0.1) is 22.7 Å². The van der Waals surface area contributed by atoms with Gasteiger partial charge in [-0.1, -0.05) is 115 Å². The molecule has 10 rings (SSSR count). The molecule has 8 aromatic carbocycles. The van der Waals surface area contributed by atoms with Crippen molar-refractivity contribution in [1.29, 1.82) is 0 Å². The first-order valence-corrected chi connectivity index (χ1v) is 18.5. The third-order valence-electron chi connectivity index (χ3n) is 9.61. The number of benzene rings is 8. The number of para-hydroxylation sites is 3. The van der Waals surface area contributed by atoms with Gasteiger partial charge in [-0.05, 0) is 77.5 Å². The molecule has 50 heavy (non-hydrogen) atoms. The van der Waals surface area contributed by atoms with Crippen LogP contribution in [0.25, 0.3) is 51.1 Å². The van der Waals surface area contributed by atoms with Crippen LogP contribution in [0.15, 0.2) is 182 Å². The molecule has 0 spiro atoms. The minimum atomic E-state index is 1.11. The Labute approximate surface area is 298 Å². The molecule has 0 saturated carbocycles. The number of fused-ring (bicyclic) bond motifs is 8. The molecule has 2 nitrogen and oxygen atoms in total. The molecule has 0 N–H and O–H groups in total. The van der Waals surface area contributed by atoms with E-state index in [2.05, 4.69) is 192 Å². The van der Waals surface area contributed by atoms with E-state index in [1.807, 2.05) is 22.7 Å². The molecular formula is C46H30N2S2. The van der Waals surface area contributed by atoms with E-state index in [0.717, 1.165) is 28.4 Å². The van der Waals surface area contributed by atoms with Crippen molar-refractivity contribution in [3.05, 3.63) is 182 Å². The molecule has 0 saturated heterocycles. The monoisotopic (exact) mass is 674 g/mol. The second-order valence-corrected chi connectivity index (χ2v) is 14.6. The number of nitrogens with zero attached hydrogens (tertiary/aromatic N) is 2. The number of thiophene rings is 2. The van der Waals surface area contributed by atoms with E-state index in [1.54, 1.807) is 0 Å². The number of rotatable bonds is 6. The van der Waals surface area contributed by atoms with Crippen molar-refractivity contribution in [3.63, 3.8) is 0 Å². The minimum Gasteiger partial charge on any atom is -0.308 e. The maximum atomic E-state index is 2.49. The summed E-state index contributed by atoms with van der Waals surface area (Å²) in [5.74, 6) is 0. The Morgan fingerprint density at radius 3 is 1.60 bits per heavy atom. The van der Waals surface area contributed by atoms with Crippen LogP contribution in [0.2, 0.25) is 0 Å². The summed E-state index contributed by atoms with van der Waals surface area (Å²) in [6.45, 7) is 0. The molecule has 0 aliphatic carbocycles. The zero-order chi connectivity index (χ0) is 33.0. The minimum absolute atomic E-state index is 1.11. The molecule has 0 atom stereocenters. The standard InChI is InChI=1S/C46H30N2S2/c1-4-16-32(17-5-1)47(33-18-6-2-7-19-33)45-38(28-30-42-44(45)43-35-22-11-10-15-31(35)27-29-41(43)49-42)48(34-20-8-3-9-21-34)39-25-14-24-37-36-23-12-13-26-40(36)50-46(37)39/h1-30H. The lowest BCUT2D eigenvalue weighted by molar-refractivity contribution is 1.25. The average molecular weight is 675 g/mol. The highest BCUT2D eigenvalue weighted by molar-refractivity contribution is 7.26. The van der Waals surface area contributed by atoms with E-state index in [9.17, 15) is 0 Å². The quantitative estimate of drug-likeness (QED) is 0.173. The van der Waals surface area contributed by atoms with Crippen LogP contribution >= 0.6 is 22.7 Å². The normalized spacial score (nSPS) is 11.6. The fourth-order valence-corrected chi connectivity index (χ4v) is 9.79.